The molecule has 0 unspecified atom stereocenters. The first-order valence-corrected chi connectivity index (χ1v) is 20.1. The standard InChI is InChI=1S/C56H38N2O/c1-3-12-39(13-4-1)40-24-30-46(31-25-40)57(49-36-37-54-52(38-49)51-21-9-16-44-17-11-23-55(59-54)56(44)51)47-32-26-41(27-33-47)42-28-34-48(35-29-42)58(45-18-5-2-6-19-45)53-22-10-15-43-14-7-8-20-50(43)53/h1-38H. The molecule has 0 N–H and O–H groups in total. The van der Waals surface area contributed by atoms with E-state index < -0.39 is 0 Å². The molecule has 11 rings (SSSR count). The van der Waals surface area contributed by atoms with Gasteiger partial charge in [0, 0.05) is 44.8 Å². The molecule has 278 valence electrons. The predicted octanol–water partition coefficient (Wildman–Crippen LogP) is 16.0. The minimum Gasteiger partial charge on any atom is -0.456 e. The Labute approximate surface area is 344 Å². The maximum Gasteiger partial charge on any atom is 0.135 e. The summed E-state index contributed by atoms with van der Waals surface area (Å²) in [6.07, 6.45) is 0. The van der Waals surface area contributed by atoms with Crippen molar-refractivity contribution in [2.75, 3.05) is 9.80 Å². The molecule has 3 nitrogen and oxygen atoms in total. The smallest absolute Gasteiger partial charge is 0.135 e. The molecule has 0 fully saturated rings. The van der Waals surface area contributed by atoms with Gasteiger partial charge in [0.2, 0.25) is 0 Å². The summed E-state index contributed by atoms with van der Waals surface area (Å²) in [4.78, 5) is 4.68. The quantitative estimate of drug-likeness (QED) is 0.154. The van der Waals surface area contributed by atoms with Crippen LogP contribution < -0.4 is 14.5 Å². The Kier molecular flexibility index (Phi) is 8.49. The van der Waals surface area contributed by atoms with Gasteiger partial charge in [0.1, 0.15) is 11.5 Å². The number of para-hydroxylation sites is 1. The van der Waals surface area contributed by atoms with Crippen molar-refractivity contribution in [1.29, 1.82) is 0 Å². The Morgan fingerprint density at radius 3 is 1.46 bits per heavy atom. The van der Waals surface area contributed by atoms with Crippen LogP contribution in [0.2, 0.25) is 0 Å². The Morgan fingerprint density at radius 1 is 0.288 bits per heavy atom. The monoisotopic (exact) mass is 754 g/mol. The van der Waals surface area contributed by atoms with Crippen molar-refractivity contribution in [2.45, 2.75) is 0 Å². The van der Waals surface area contributed by atoms with Gasteiger partial charge in [-0.3, -0.25) is 0 Å². The third-order valence-electron chi connectivity index (χ3n) is 11.4. The van der Waals surface area contributed by atoms with Crippen molar-refractivity contribution in [3.8, 4) is 44.9 Å². The van der Waals surface area contributed by atoms with Crippen molar-refractivity contribution >= 4 is 55.7 Å². The van der Waals surface area contributed by atoms with E-state index in [4.69, 9.17) is 4.74 Å². The summed E-state index contributed by atoms with van der Waals surface area (Å²) in [5.41, 5.74) is 13.5. The molecule has 1 heterocycles. The fourth-order valence-corrected chi connectivity index (χ4v) is 8.59. The minimum atomic E-state index is 0.865. The van der Waals surface area contributed by atoms with Gasteiger partial charge in [-0.25, -0.2) is 0 Å². The van der Waals surface area contributed by atoms with Gasteiger partial charge in [-0.2, -0.15) is 0 Å². The van der Waals surface area contributed by atoms with Crippen LogP contribution in [0.1, 0.15) is 0 Å². The summed E-state index contributed by atoms with van der Waals surface area (Å²) in [5, 5.41) is 4.76. The zero-order valence-corrected chi connectivity index (χ0v) is 32.2. The summed E-state index contributed by atoms with van der Waals surface area (Å²) in [6, 6.07) is 82.3. The second-order valence-corrected chi connectivity index (χ2v) is 15.0. The van der Waals surface area contributed by atoms with E-state index in [1.54, 1.807) is 0 Å². The van der Waals surface area contributed by atoms with Crippen molar-refractivity contribution < 1.29 is 4.74 Å². The Balaban J connectivity index is 0.966. The highest BCUT2D eigenvalue weighted by Crippen LogP contribution is 2.49. The lowest BCUT2D eigenvalue weighted by Gasteiger charge is -2.28. The van der Waals surface area contributed by atoms with E-state index in [9.17, 15) is 0 Å². The zero-order valence-electron chi connectivity index (χ0n) is 32.2. The minimum absolute atomic E-state index is 0.865. The van der Waals surface area contributed by atoms with E-state index in [1.165, 1.54) is 32.8 Å². The van der Waals surface area contributed by atoms with E-state index in [0.717, 1.165) is 67.7 Å². The molecule has 0 spiro atoms. The number of rotatable bonds is 8. The van der Waals surface area contributed by atoms with E-state index in [1.807, 2.05) is 0 Å². The van der Waals surface area contributed by atoms with Gasteiger partial charge in [-0.05, 0) is 117 Å². The molecule has 0 amide bonds. The van der Waals surface area contributed by atoms with Gasteiger partial charge in [0.25, 0.3) is 0 Å². The average Bonchev–Trinajstić information content (AvgIpc) is 3.31. The van der Waals surface area contributed by atoms with Gasteiger partial charge in [-0.15, -0.1) is 0 Å². The number of hydrogen-bond donors (Lipinski definition) is 0. The van der Waals surface area contributed by atoms with Crippen molar-refractivity contribution in [3.05, 3.63) is 231 Å². The highest BCUT2D eigenvalue weighted by molar-refractivity contribution is 6.05. The van der Waals surface area contributed by atoms with Crippen LogP contribution in [-0.2, 0) is 0 Å². The first kappa shape index (κ1) is 34.4. The van der Waals surface area contributed by atoms with Crippen LogP contribution in [-0.4, -0.2) is 0 Å². The molecule has 0 bridgehead atoms. The Bertz CT molecular complexity index is 3090. The first-order valence-electron chi connectivity index (χ1n) is 20.1. The second-order valence-electron chi connectivity index (χ2n) is 15.0. The number of nitrogens with zero attached hydrogens (tertiary/aromatic N) is 2. The third-order valence-corrected chi connectivity index (χ3v) is 11.4. The maximum atomic E-state index is 6.50. The van der Waals surface area contributed by atoms with Crippen LogP contribution in [0.3, 0.4) is 0 Å². The molecule has 0 radical (unpaired) electrons. The van der Waals surface area contributed by atoms with E-state index in [-0.39, 0.29) is 0 Å². The van der Waals surface area contributed by atoms with Crippen molar-refractivity contribution in [2.24, 2.45) is 0 Å². The first-order chi connectivity index (χ1) is 29.2. The predicted molar refractivity (Wildman–Crippen MR) is 247 cm³/mol. The zero-order chi connectivity index (χ0) is 39.1. The van der Waals surface area contributed by atoms with Crippen molar-refractivity contribution in [3.63, 3.8) is 0 Å². The normalized spacial score (nSPS) is 11.5. The molecular weight excluding hydrogens is 717 g/mol. The van der Waals surface area contributed by atoms with Gasteiger partial charge in [-0.1, -0.05) is 152 Å². The Morgan fingerprint density at radius 2 is 0.780 bits per heavy atom. The van der Waals surface area contributed by atoms with Crippen LogP contribution in [0.5, 0.6) is 11.5 Å². The van der Waals surface area contributed by atoms with Crippen LogP contribution in [0.25, 0.3) is 54.9 Å². The number of hydrogen-bond acceptors (Lipinski definition) is 3. The van der Waals surface area contributed by atoms with Crippen molar-refractivity contribution in [1.82, 2.24) is 0 Å². The molecule has 0 saturated carbocycles. The fourth-order valence-electron chi connectivity index (χ4n) is 8.59. The third kappa shape index (κ3) is 6.26. The highest BCUT2D eigenvalue weighted by Gasteiger charge is 2.23. The average molecular weight is 755 g/mol. The maximum absolute atomic E-state index is 6.50. The Hall–Kier alpha value is -7.88. The summed E-state index contributed by atoms with van der Waals surface area (Å²) in [6.45, 7) is 0. The molecule has 1 aliphatic rings. The summed E-state index contributed by atoms with van der Waals surface area (Å²) in [7, 11) is 0. The van der Waals surface area contributed by atoms with Gasteiger partial charge >= 0.3 is 0 Å². The fraction of sp³-hybridized carbons (Fsp3) is 0. The summed E-state index contributed by atoms with van der Waals surface area (Å²) >= 11 is 0. The van der Waals surface area contributed by atoms with Crippen LogP contribution in [0.15, 0.2) is 231 Å². The van der Waals surface area contributed by atoms with Crippen LogP contribution in [0.4, 0.5) is 34.1 Å². The molecule has 59 heavy (non-hydrogen) atoms. The van der Waals surface area contributed by atoms with E-state index >= 15 is 0 Å². The van der Waals surface area contributed by atoms with Gasteiger partial charge < -0.3 is 14.5 Å². The van der Waals surface area contributed by atoms with E-state index in [0.29, 0.717) is 0 Å². The number of ether oxygens (including phenoxy) is 1. The van der Waals surface area contributed by atoms with Crippen LogP contribution >= 0.6 is 0 Å². The number of fused-ring (bicyclic) bond motifs is 3. The molecule has 0 aromatic heterocycles. The molecule has 0 saturated heterocycles. The molecule has 3 heteroatoms. The van der Waals surface area contributed by atoms with Gasteiger partial charge in [0.15, 0.2) is 0 Å². The second kappa shape index (κ2) is 14.6. The van der Waals surface area contributed by atoms with Crippen LogP contribution in [0, 0.1) is 0 Å². The molecular formula is C56H38N2O. The lowest BCUT2D eigenvalue weighted by Crippen LogP contribution is -2.10. The molecule has 1 aliphatic heterocycles. The lowest BCUT2D eigenvalue weighted by molar-refractivity contribution is 0.487. The molecule has 10 aromatic carbocycles. The number of anilines is 6. The summed E-state index contributed by atoms with van der Waals surface area (Å²) in [5.74, 6) is 1.76. The molecule has 0 aliphatic carbocycles. The van der Waals surface area contributed by atoms with E-state index in [2.05, 4.69) is 240 Å². The molecule has 10 aromatic rings. The summed E-state index contributed by atoms with van der Waals surface area (Å²) < 4.78 is 6.50. The highest BCUT2D eigenvalue weighted by atomic mass is 16.5. The molecule has 0 atom stereocenters. The number of benzene rings is 10. The SMILES string of the molecule is c1ccc(-c2ccc(N(c3ccc(-c4ccc(N(c5ccccc5)c5cccc6ccccc56)cc4)cc3)c3ccc4c(c3)-c3cccc5cccc(c35)O4)cc2)cc1. The topological polar surface area (TPSA) is 15.7 Å². The van der Waals surface area contributed by atoms with Gasteiger partial charge in [0.05, 0.1) is 5.69 Å². The largest absolute Gasteiger partial charge is 0.456 e. The lowest BCUT2D eigenvalue weighted by atomic mass is 9.94.